The fourth-order valence-electron chi connectivity index (χ4n) is 3.95. The number of nitrogens with one attached hydrogen (secondary N) is 1. The summed E-state index contributed by atoms with van der Waals surface area (Å²) >= 11 is 1.43. The predicted octanol–water partition coefficient (Wildman–Crippen LogP) is 3.41. The van der Waals surface area contributed by atoms with Gasteiger partial charge in [-0.1, -0.05) is 26.8 Å². The van der Waals surface area contributed by atoms with Crippen LogP contribution in [0.4, 0.5) is 10.8 Å². The van der Waals surface area contributed by atoms with Crippen LogP contribution in [0.25, 0.3) is 11.3 Å². The second-order valence-electron chi connectivity index (χ2n) is 9.35. The van der Waals surface area contributed by atoms with E-state index in [1.807, 2.05) is 22.4 Å². The molecule has 1 N–H and O–H groups in total. The van der Waals surface area contributed by atoms with Crippen molar-refractivity contribution < 1.29 is 14.3 Å². The van der Waals surface area contributed by atoms with Crippen molar-refractivity contribution in [2.24, 2.45) is 5.41 Å². The molecule has 4 rings (SSSR count). The smallest absolute Gasteiger partial charge is 0.240 e. The summed E-state index contributed by atoms with van der Waals surface area (Å²) in [6.45, 7) is 10.3. The van der Waals surface area contributed by atoms with Gasteiger partial charge in [0.15, 0.2) is 5.13 Å². The zero-order chi connectivity index (χ0) is 22.0. The van der Waals surface area contributed by atoms with Crippen LogP contribution in [-0.4, -0.2) is 61.1 Å². The molecule has 2 aliphatic rings. The third kappa shape index (κ3) is 5.50. The van der Waals surface area contributed by atoms with Gasteiger partial charge in [-0.05, 0) is 29.5 Å². The van der Waals surface area contributed by atoms with Gasteiger partial charge in [-0.2, -0.15) is 0 Å². The van der Waals surface area contributed by atoms with Crippen LogP contribution in [0.15, 0.2) is 23.6 Å². The molecule has 1 saturated heterocycles. The number of hydrogen-bond acceptors (Lipinski definition) is 6. The fraction of sp³-hybridized carbons (Fsp3) is 0.522. The van der Waals surface area contributed by atoms with E-state index in [1.54, 1.807) is 0 Å². The minimum atomic E-state index is -0.0512. The van der Waals surface area contributed by atoms with Crippen LogP contribution in [0.5, 0.6) is 0 Å². The first kappa shape index (κ1) is 21.9. The summed E-state index contributed by atoms with van der Waals surface area (Å²) in [4.78, 5) is 33.6. The SMILES string of the molecule is CC(C)(C)CC(=O)N1CCc2cc(-c3csc(NC(=O)CN4CCOCC4)n3)ccc21. The van der Waals surface area contributed by atoms with E-state index in [9.17, 15) is 9.59 Å². The Morgan fingerprint density at radius 1 is 1.19 bits per heavy atom. The second-order valence-corrected chi connectivity index (χ2v) is 10.2. The van der Waals surface area contributed by atoms with Gasteiger partial charge in [0, 0.05) is 42.7 Å². The van der Waals surface area contributed by atoms with Crippen LogP contribution in [0.2, 0.25) is 0 Å². The van der Waals surface area contributed by atoms with E-state index in [0.717, 1.165) is 43.0 Å². The Balaban J connectivity index is 1.40. The number of morpholine rings is 1. The average molecular weight is 443 g/mol. The van der Waals surface area contributed by atoms with Gasteiger partial charge in [0.1, 0.15) is 0 Å². The monoisotopic (exact) mass is 442 g/mol. The largest absolute Gasteiger partial charge is 0.379 e. The van der Waals surface area contributed by atoms with Crippen molar-refractivity contribution in [2.45, 2.75) is 33.6 Å². The highest BCUT2D eigenvalue weighted by molar-refractivity contribution is 7.14. The molecule has 2 aliphatic heterocycles. The van der Waals surface area contributed by atoms with Gasteiger partial charge in [-0.3, -0.25) is 14.5 Å². The minimum Gasteiger partial charge on any atom is -0.379 e. The molecule has 0 bridgehead atoms. The summed E-state index contributed by atoms with van der Waals surface area (Å²) in [5.74, 6) is 0.127. The molecule has 0 aliphatic carbocycles. The Morgan fingerprint density at radius 3 is 2.71 bits per heavy atom. The number of nitrogens with zero attached hydrogens (tertiary/aromatic N) is 3. The number of carbonyl (C=O) groups excluding carboxylic acids is 2. The summed E-state index contributed by atoms with van der Waals surface area (Å²) in [5.41, 5.74) is 4.00. The molecule has 1 fully saturated rings. The molecule has 3 heterocycles. The number of aromatic nitrogens is 1. The third-order valence-corrected chi connectivity index (χ3v) is 6.23. The van der Waals surface area contributed by atoms with E-state index in [-0.39, 0.29) is 17.2 Å². The molecule has 0 atom stereocenters. The molecule has 0 radical (unpaired) electrons. The van der Waals surface area contributed by atoms with Crippen molar-refractivity contribution in [1.82, 2.24) is 9.88 Å². The first-order chi connectivity index (χ1) is 14.8. The van der Waals surface area contributed by atoms with Gasteiger partial charge in [-0.15, -0.1) is 11.3 Å². The molecule has 2 amide bonds. The summed E-state index contributed by atoms with van der Waals surface area (Å²) < 4.78 is 5.32. The Hall–Kier alpha value is -2.29. The van der Waals surface area contributed by atoms with Gasteiger partial charge < -0.3 is 15.0 Å². The molecular weight excluding hydrogens is 412 g/mol. The topological polar surface area (TPSA) is 74.8 Å². The lowest BCUT2D eigenvalue weighted by atomic mass is 9.91. The molecule has 0 unspecified atom stereocenters. The number of benzene rings is 1. The van der Waals surface area contributed by atoms with Crippen LogP contribution in [0.3, 0.4) is 0 Å². The summed E-state index contributed by atoms with van der Waals surface area (Å²) in [5, 5.41) is 5.48. The molecular formula is C23H30N4O3S. The Morgan fingerprint density at radius 2 is 1.97 bits per heavy atom. The number of fused-ring (bicyclic) bond motifs is 1. The van der Waals surface area contributed by atoms with Crippen LogP contribution in [0.1, 0.15) is 32.8 Å². The molecule has 0 spiro atoms. The molecule has 2 aromatic rings. The molecule has 8 heteroatoms. The Labute approximate surface area is 187 Å². The van der Waals surface area contributed by atoms with Crippen molar-refractivity contribution in [3.05, 3.63) is 29.1 Å². The normalized spacial score (nSPS) is 16.9. The molecule has 31 heavy (non-hydrogen) atoms. The number of thiazole rings is 1. The van der Waals surface area contributed by atoms with E-state index < -0.39 is 0 Å². The fourth-order valence-corrected chi connectivity index (χ4v) is 4.69. The zero-order valence-corrected chi connectivity index (χ0v) is 19.3. The summed E-state index contributed by atoms with van der Waals surface area (Å²) in [6, 6.07) is 6.15. The number of amides is 2. The number of ether oxygens (including phenoxy) is 1. The van der Waals surface area contributed by atoms with Gasteiger partial charge in [0.05, 0.1) is 25.5 Å². The van der Waals surface area contributed by atoms with E-state index in [4.69, 9.17) is 4.74 Å². The number of rotatable bonds is 5. The Bertz CT molecular complexity index is 960. The van der Waals surface area contributed by atoms with Crippen LogP contribution < -0.4 is 10.2 Å². The van der Waals surface area contributed by atoms with E-state index >= 15 is 0 Å². The van der Waals surface area contributed by atoms with Crippen molar-refractivity contribution in [3.8, 4) is 11.3 Å². The van der Waals surface area contributed by atoms with Crippen molar-refractivity contribution in [2.75, 3.05) is 49.6 Å². The number of hydrogen-bond donors (Lipinski definition) is 1. The third-order valence-electron chi connectivity index (χ3n) is 5.47. The zero-order valence-electron chi connectivity index (χ0n) is 18.4. The number of anilines is 2. The first-order valence-electron chi connectivity index (χ1n) is 10.8. The van der Waals surface area contributed by atoms with Crippen molar-refractivity contribution in [3.63, 3.8) is 0 Å². The van der Waals surface area contributed by atoms with Gasteiger partial charge in [-0.25, -0.2) is 4.98 Å². The van der Waals surface area contributed by atoms with E-state index in [0.29, 0.717) is 31.3 Å². The van der Waals surface area contributed by atoms with Crippen molar-refractivity contribution in [1.29, 1.82) is 0 Å². The summed E-state index contributed by atoms with van der Waals surface area (Å²) in [6.07, 6.45) is 1.39. The number of carbonyl (C=O) groups is 2. The maximum atomic E-state index is 12.7. The van der Waals surface area contributed by atoms with Gasteiger partial charge in [0.2, 0.25) is 11.8 Å². The van der Waals surface area contributed by atoms with Crippen LogP contribution in [-0.2, 0) is 20.7 Å². The van der Waals surface area contributed by atoms with E-state index in [2.05, 4.69) is 42.0 Å². The molecule has 7 nitrogen and oxygen atoms in total. The van der Waals surface area contributed by atoms with Crippen molar-refractivity contribution >= 4 is 34.0 Å². The second kappa shape index (κ2) is 9.06. The molecule has 1 aromatic heterocycles. The summed E-state index contributed by atoms with van der Waals surface area (Å²) in [7, 11) is 0. The quantitative estimate of drug-likeness (QED) is 0.768. The minimum absolute atomic E-state index is 0.0248. The molecule has 0 saturated carbocycles. The highest BCUT2D eigenvalue weighted by Gasteiger charge is 2.28. The Kier molecular flexibility index (Phi) is 6.41. The van der Waals surface area contributed by atoms with Crippen LogP contribution in [0, 0.1) is 5.41 Å². The van der Waals surface area contributed by atoms with E-state index in [1.165, 1.54) is 16.9 Å². The molecule has 1 aromatic carbocycles. The average Bonchev–Trinajstić information content (AvgIpc) is 3.33. The van der Waals surface area contributed by atoms with Gasteiger partial charge in [0.25, 0.3) is 0 Å². The lowest BCUT2D eigenvalue weighted by Gasteiger charge is -2.25. The maximum absolute atomic E-state index is 12.7. The lowest BCUT2D eigenvalue weighted by molar-refractivity contribution is -0.120. The predicted molar refractivity (Wildman–Crippen MR) is 124 cm³/mol. The maximum Gasteiger partial charge on any atom is 0.240 e. The standard InChI is InChI=1S/C23H30N4O3S/c1-23(2,3)13-21(29)27-7-6-17-12-16(4-5-19(17)27)18-15-31-22(24-18)25-20(28)14-26-8-10-30-11-9-26/h4-5,12,15H,6-11,13-14H2,1-3H3,(H,24,25,28). The molecule has 166 valence electrons. The van der Waals surface area contributed by atoms with Gasteiger partial charge >= 0.3 is 0 Å². The first-order valence-corrected chi connectivity index (χ1v) is 11.7. The highest BCUT2D eigenvalue weighted by Crippen LogP contribution is 2.34. The van der Waals surface area contributed by atoms with Crippen LogP contribution >= 0.6 is 11.3 Å². The lowest BCUT2D eigenvalue weighted by Crippen LogP contribution is -2.41. The highest BCUT2D eigenvalue weighted by atomic mass is 32.1.